The van der Waals surface area contributed by atoms with Gasteiger partial charge in [0, 0.05) is 6.54 Å². The highest BCUT2D eigenvalue weighted by Gasteiger charge is 2.43. The first-order chi connectivity index (χ1) is 9.93. The standard InChI is InChI=1S/C17H24N2O2/c1-13(2)8-7-11-19-12-15(20)18-17(3,16(19)21)14-9-5-4-6-10-14/h4-6,9-10,13H,7-8,11-12H2,1-3H3,(H,18,20). The zero-order chi connectivity index (χ0) is 15.5. The number of carbonyl (C=O) groups excluding carboxylic acids is 2. The van der Waals surface area contributed by atoms with E-state index in [-0.39, 0.29) is 18.4 Å². The second-order valence-electron chi connectivity index (χ2n) is 6.30. The molecule has 0 spiro atoms. The van der Waals surface area contributed by atoms with E-state index in [9.17, 15) is 9.59 Å². The van der Waals surface area contributed by atoms with Crippen molar-refractivity contribution in [3.63, 3.8) is 0 Å². The van der Waals surface area contributed by atoms with Gasteiger partial charge in [0.1, 0.15) is 5.54 Å². The van der Waals surface area contributed by atoms with Crippen LogP contribution in [0.1, 0.15) is 39.2 Å². The predicted octanol–water partition coefficient (Wildman–Crippen LogP) is 2.30. The van der Waals surface area contributed by atoms with Gasteiger partial charge in [0.05, 0.1) is 6.54 Å². The summed E-state index contributed by atoms with van der Waals surface area (Å²) < 4.78 is 0. The molecule has 0 bridgehead atoms. The number of benzene rings is 1. The molecule has 1 fully saturated rings. The molecule has 0 aromatic heterocycles. The van der Waals surface area contributed by atoms with E-state index in [4.69, 9.17) is 0 Å². The van der Waals surface area contributed by atoms with Crippen LogP contribution in [0.25, 0.3) is 0 Å². The van der Waals surface area contributed by atoms with Gasteiger partial charge in [0.15, 0.2) is 0 Å². The molecule has 0 saturated carbocycles. The third kappa shape index (κ3) is 3.43. The van der Waals surface area contributed by atoms with Gasteiger partial charge in [0.25, 0.3) is 5.91 Å². The van der Waals surface area contributed by atoms with E-state index >= 15 is 0 Å². The van der Waals surface area contributed by atoms with Crippen molar-refractivity contribution in [2.45, 2.75) is 39.2 Å². The quantitative estimate of drug-likeness (QED) is 0.904. The maximum atomic E-state index is 12.8. The molecule has 1 unspecified atom stereocenters. The lowest BCUT2D eigenvalue weighted by Crippen LogP contribution is -2.63. The molecule has 1 saturated heterocycles. The maximum Gasteiger partial charge on any atom is 0.253 e. The Labute approximate surface area is 126 Å². The number of piperazine rings is 1. The van der Waals surface area contributed by atoms with Crippen LogP contribution < -0.4 is 5.32 Å². The van der Waals surface area contributed by atoms with Crippen LogP contribution in [0, 0.1) is 5.92 Å². The van der Waals surface area contributed by atoms with E-state index in [1.807, 2.05) is 30.3 Å². The van der Waals surface area contributed by atoms with Crippen LogP contribution in [-0.4, -0.2) is 29.8 Å². The molecule has 0 radical (unpaired) electrons. The Kier molecular flexibility index (Phi) is 4.66. The van der Waals surface area contributed by atoms with E-state index in [0.717, 1.165) is 18.4 Å². The molecule has 1 aromatic rings. The number of carbonyl (C=O) groups is 2. The topological polar surface area (TPSA) is 49.4 Å². The molecular formula is C17H24N2O2. The highest BCUT2D eigenvalue weighted by molar-refractivity contribution is 5.98. The normalized spacial score (nSPS) is 22.6. The van der Waals surface area contributed by atoms with Crippen molar-refractivity contribution in [3.8, 4) is 0 Å². The van der Waals surface area contributed by atoms with Crippen molar-refractivity contribution in [1.29, 1.82) is 0 Å². The Morgan fingerprint density at radius 3 is 2.52 bits per heavy atom. The Morgan fingerprint density at radius 1 is 1.24 bits per heavy atom. The summed E-state index contributed by atoms with van der Waals surface area (Å²) in [6.45, 7) is 6.93. The van der Waals surface area contributed by atoms with Gasteiger partial charge >= 0.3 is 0 Å². The largest absolute Gasteiger partial charge is 0.337 e. The highest BCUT2D eigenvalue weighted by atomic mass is 16.2. The molecule has 0 aliphatic carbocycles. The third-order valence-corrected chi connectivity index (χ3v) is 4.00. The minimum atomic E-state index is -0.950. The van der Waals surface area contributed by atoms with Crippen LogP contribution in [0.15, 0.2) is 30.3 Å². The molecular weight excluding hydrogens is 264 g/mol. The summed E-state index contributed by atoms with van der Waals surface area (Å²) in [5.41, 5.74) is -0.120. The summed E-state index contributed by atoms with van der Waals surface area (Å²) in [5.74, 6) is 0.502. The molecule has 4 heteroatoms. The first kappa shape index (κ1) is 15.5. The van der Waals surface area contributed by atoms with E-state index in [0.29, 0.717) is 12.5 Å². The van der Waals surface area contributed by atoms with Gasteiger partial charge in [-0.2, -0.15) is 0 Å². The summed E-state index contributed by atoms with van der Waals surface area (Å²) in [4.78, 5) is 26.5. The average molecular weight is 288 g/mol. The average Bonchev–Trinajstić information content (AvgIpc) is 2.44. The van der Waals surface area contributed by atoms with E-state index in [1.165, 1.54) is 0 Å². The molecule has 1 heterocycles. The van der Waals surface area contributed by atoms with Crippen molar-refractivity contribution in [2.75, 3.05) is 13.1 Å². The summed E-state index contributed by atoms with van der Waals surface area (Å²) in [6.07, 6.45) is 2.00. The van der Waals surface area contributed by atoms with Crippen molar-refractivity contribution in [2.24, 2.45) is 5.92 Å². The van der Waals surface area contributed by atoms with Crippen LogP contribution in [0.4, 0.5) is 0 Å². The number of nitrogens with zero attached hydrogens (tertiary/aromatic N) is 1. The Balaban J connectivity index is 2.16. The smallest absolute Gasteiger partial charge is 0.253 e. The van der Waals surface area contributed by atoms with E-state index < -0.39 is 5.54 Å². The van der Waals surface area contributed by atoms with Gasteiger partial charge in [-0.1, -0.05) is 44.2 Å². The molecule has 21 heavy (non-hydrogen) atoms. The van der Waals surface area contributed by atoms with Crippen LogP contribution >= 0.6 is 0 Å². The summed E-state index contributed by atoms with van der Waals surface area (Å²) >= 11 is 0. The zero-order valence-electron chi connectivity index (χ0n) is 13.1. The van der Waals surface area contributed by atoms with Gasteiger partial charge in [-0.05, 0) is 31.2 Å². The fraction of sp³-hybridized carbons (Fsp3) is 0.529. The molecule has 2 amide bonds. The molecule has 114 valence electrons. The Bertz CT molecular complexity index is 513. The second kappa shape index (κ2) is 6.29. The summed E-state index contributed by atoms with van der Waals surface area (Å²) in [5, 5.41) is 2.86. The molecule has 2 rings (SSSR count). The number of rotatable bonds is 5. The van der Waals surface area contributed by atoms with Gasteiger partial charge in [-0.25, -0.2) is 0 Å². The minimum Gasteiger partial charge on any atom is -0.337 e. The molecule has 1 atom stereocenters. The number of amides is 2. The first-order valence-electron chi connectivity index (χ1n) is 7.59. The lowest BCUT2D eigenvalue weighted by Gasteiger charge is -2.40. The van der Waals surface area contributed by atoms with Crippen molar-refractivity contribution < 1.29 is 9.59 Å². The Hall–Kier alpha value is -1.84. The van der Waals surface area contributed by atoms with Crippen molar-refractivity contribution in [3.05, 3.63) is 35.9 Å². The van der Waals surface area contributed by atoms with Gasteiger partial charge in [-0.3, -0.25) is 9.59 Å². The fourth-order valence-electron chi connectivity index (χ4n) is 2.77. The second-order valence-corrected chi connectivity index (χ2v) is 6.30. The van der Waals surface area contributed by atoms with Crippen LogP contribution in [0.3, 0.4) is 0 Å². The molecule has 4 nitrogen and oxygen atoms in total. The number of nitrogens with one attached hydrogen (secondary N) is 1. The first-order valence-corrected chi connectivity index (χ1v) is 7.59. The van der Waals surface area contributed by atoms with Crippen LogP contribution in [-0.2, 0) is 15.1 Å². The lowest BCUT2D eigenvalue weighted by atomic mass is 9.88. The molecule has 1 aliphatic heterocycles. The van der Waals surface area contributed by atoms with Crippen molar-refractivity contribution >= 4 is 11.8 Å². The Morgan fingerprint density at radius 2 is 1.90 bits per heavy atom. The van der Waals surface area contributed by atoms with Gasteiger partial charge < -0.3 is 10.2 Å². The number of hydrogen-bond donors (Lipinski definition) is 1. The monoisotopic (exact) mass is 288 g/mol. The van der Waals surface area contributed by atoms with Crippen molar-refractivity contribution in [1.82, 2.24) is 10.2 Å². The van der Waals surface area contributed by atoms with Gasteiger partial charge in [-0.15, -0.1) is 0 Å². The lowest BCUT2D eigenvalue weighted by molar-refractivity contribution is -0.149. The molecule has 1 aliphatic rings. The molecule has 1 aromatic carbocycles. The summed E-state index contributed by atoms with van der Waals surface area (Å²) in [6, 6.07) is 9.45. The van der Waals surface area contributed by atoms with E-state index in [1.54, 1.807) is 11.8 Å². The number of hydrogen-bond acceptors (Lipinski definition) is 2. The van der Waals surface area contributed by atoms with Crippen LogP contribution in [0.5, 0.6) is 0 Å². The summed E-state index contributed by atoms with van der Waals surface area (Å²) in [7, 11) is 0. The predicted molar refractivity (Wildman–Crippen MR) is 82.6 cm³/mol. The third-order valence-electron chi connectivity index (χ3n) is 4.00. The SMILES string of the molecule is CC(C)CCCN1CC(=O)NC(C)(c2ccccc2)C1=O. The zero-order valence-corrected chi connectivity index (χ0v) is 13.1. The highest BCUT2D eigenvalue weighted by Crippen LogP contribution is 2.26. The molecule has 1 N–H and O–H groups in total. The maximum absolute atomic E-state index is 12.8. The van der Waals surface area contributed by atoms with E-state index in [2.05, 4.69) is 19.2 Å². The van der Waals surface area contributed by atoms with Gasteiger partial charge in [0.2, 0.25) is 5.91 Å². The minimum absolute atomic E-state index is 0.0166. The van der Waals surface area contributed by atoms with Crippen LogP contribution in [0.2, 0.25) is 0 Å². The fourth-order valence-corrected chi connectivity index (χ4v) is 2.77.